The van der Waals surface area contributed by atoms with Gasteiger partial charge in [0.05, 0.1) is 12.7 Å². The number of pyridine rings is 1. The smallest absolute Gasteiger partial charge is 0.255 e. The molecule has 0 aliphatic rings. The van der Waals surface area contributed by atoms with Crippen molar-refractivity contribution >= 4 is 17.5 Å². The van der Waals surface area contributed by atoms with Crippen LogP contribution in [0, 0.1) is 0 Å². The quantitative estimate of drug-likeness (QED) is 0.556. The minimum Gasteiger partial charge on any atom is -0.497 e. The van der Waals surface area contributed by atoms with E-state index in [0.29, 0.717) is 23.4 Å². The van der Waals surface area contributed by atoms with Crippen molar-refractivity contribution in [2.45, 2.75) is 38.6 Å². The first-order chi connectivity index (χ1) is 16.1. The van der Waals surface area contributed by atoms with Gasteiger partial charge in [0.2, 0.25) is 11.5 Å². The van der Waals surface area contributed by atoms with Crippen LogP contribution in [0.1, 0.15) is 42.3 Å². The second-order valence-electron chi connectivity index (χ2n) is 9.24. The molecule has 3 rings (SSSR count). The Balaban J connectivity index is 1.86. The molecule has 0 spiro atoms. The third-order valence-electron chi connectivity index (χ3n) is 5.73. The summed E-state index contributed by atoms with van der Waals surface area (Å²) in [6.07, 6.45) is 1.66. The molecular weight excluding hydrogens is 430 g/mol. The molecule has 0 aliphatic heterocycles. The molecule has 2 amide bonds. The average molecular weight is 462 g/mol. The van der Waals surface area contributed by atoms with Crippen molar-refractivity contribution in [1.29, 1.82) is 0 Å². The summed E-state index contributed by atoms with van der Waals surface area (Å²) < 4.78 is 5.21. The van der Waals surface area contributed by atoms with Crippen molar-refractivity contribution < 1.29 is 14.3 Å². The van der Waals surface area contributed by atoms with Crippen molar-refractivity contribution in [3.63, 3.8) is 0 Å². The van der Waals surface area contributed by atoms with Crippen LogP contribution in [-0.4, -0.2) is 41.9 Å². The van der Waals surface area contributed by atoms with Gasteiger partial charge in [-0.05, 0) is 46.9 Å². The van der Waals surface area contributed by atoms with Crippen LogP contribution < -0.4 is 15.6 Å². The molecule has 2 N–H and O–H groups in total. The van der Waals surface area contributed by atoms with Gasteiger partial charge in [-0.25, -0.2) is 0 Å². The standard InChI is InChI=1S/C27H31N3O4/c1-27(2,3)20-9-11-21(12-10-20)29-25(32)23(16-18-6-13-22(34-5)14-7-18)30(4)26(33)19-8-15-24(31)28-17-19/h6-15,17,23H,16H2,1-5H3,(H,28,31)(H,29,32). The van der Waals surface area contributed by atoms with Crippen LogP contribution in [0.2, 0.25) is 0 Å². The second kappa shape index (κ2) is 10.4. The number of aromatic amines is 1. The van der Waals surface area contributed by atoms with E-state index < -0.39 is 6.04 Å². The van der Waals surface area contributed by atoms with E-state index in [9.17, 15) is 14.4 Å². The summed E-state index contributed by atoms with van der Waals surface area (Å²) in [7, 11) is 3.18. The molecule has 0 saturated carbocycles. The van der Waals surface area contributed by atoms with Gasteiger partial charge in [0.25, 0.3) is 5.91 Å². The number of methoxy groups -OCH3 is 1. The molecule has 2 aromatic carbocycles. The zero-order chi connectivity index (χ0) is 24.9. The van der Waals surface area contributed by atoms with Gasteiger partial charge in [-0.3, -0.25) is 14.4 Å². The van der Waals surface area contributed by atoms with Crippen molar-refractivity contribution in [3.05, 3.63) is 93.9 Å². The molecule has 1 unspecified atom stereocenters. The Kier molecular flexibility index (Phi) is 7.56. The number of aromatic nitrogens is 1. The Hall–Kier alpha value is -3.87. The van der Waals surface area contributed by atoms with Crippen LogP contribution in [0.4, 0.5) is 5.69 Å². The van der Waals surface area contributed by atoms with E-state index >= 15 is 0 Å². The second-order valence-corrected chi connectivity index (χ2v) is 9.24. The molecule has 0 saturated heterocycles. The van der Waals surface area contributed by atoms with Crippen LogP contribution in [0.5, 0.6) is 5.75 Å². The van der Waals surface area contributed by atoms with Crippen molar-refractivity contribution in [2.75, 3.05) is 19.5 Å². The Morgan fingerprint density at radius 1 is 1.00 bits per heavy atom. The Bertz CT molecular complexity index is 1170. The van der Waals surface area contributed by atoms with Gasteiger partial charge < -0.3 is 19.9 Å². The molecule has 1 aromatic heterocycles. The highest BCUT2D eigenvalue weighted by Crippen LogP contribution is 2.24. The number of rotatable bonds is 7. The van der Waals surface area contributed by atoms with Gasteiger partial charge in [-0.1, -0.05) is 45.0 Å². The monoisotopic (exact) mass is 461 g/mol. The van der Waals surface area contributed by atoms with E-state index in [1.165, 1.54) is 23.2 Å². The minimum absolute atomic E-state index is 0.00271. The van der Waals surface area contributed by atoms with Gasteiger partial charge in [0.15, 0.2) is 0 Å². The molecule has 178 valence electrons. The Morgan fingerprint density at radius 2 is 1.65 bits per heavy atom. The number of benzene rings is 2. The first kappa shape index (κ1) is 24.8. The number of nitrogens with one attached hydrogen (secondary N) is 2. The van der Waals surface area contributed by atoms with Crippen LogP contribution in [0.15, 0.2) is 71.7 Å². The minimum atomic E-state index is -0.782. The highest BCUT2D eigenvalue weighted by molar-refractivity contribution is 6.01. The Labute approximate surface area is 199 Å². The molecule has 1 heterocycles. The lowest BCUT2D eigenvalue weighted by molar-refractivity contribution is -0.120. The number of nitrogens with zero attached hydrogens (tertiary/aromatic N) is 1. The van der Waals surface area contributed by atoms with Gasteiger partial charge in [0, 0.05) is 31.4 Å². The average Bonchev–Trinajstić information content (AvgIpc) is 2.82. The predicted octanol–water partition coefficient (Wildman–Crippen LogP) is 4.00. The highest BCUT2D eigenvalue weighted by Gasteiger charge is 2.28. The van der Waals surface area contributed by atoms with E-state index in [-0.39, 0.29) is 22.8 Å². The summed E-state index contributed by atoms with van der Waals surface area (Å²) >= 11 is 0. The summed E-state index contributed by atoms with van der Waals surface area (Å²) in [5.74, 6) is 0.0361. The van der Waals surface area contributed by atoms with Crippen molar-refractivity contribution in [3.8, 4) is 5.75 Å². The summed E-state index contributed by atoms with van der Waals surface area (Å²) in [6.45, 7) is 6.38. The number of hydrogen-bond donors (Lipinski definition) is 2. The van der Waals surface area contributed by atoms with E-state index in [0.717, 1.165) is 11.1 Å². The summed E-state index contributed by atoms with van der Waals surface area (Å²) in [5.41, 5.74) is 2.69. The van der Waals surface area contributed by atoms with E-state index in [4.69, 9.17) is 4.74 Å². The molecule has 0 radical (unpaired) electrons. The van der Waals surface area contributed by atoms with E-state index in [1.54, 1.807) is 14.2 Å². The highest BCUT2D eigenvalue weighted by atomic mass is 16.5. The lowest BCUT2D eigenvalue weighted by Gasteiger charge is -2.28. The summed E-state index contributed by atoms with van der Waals surface area (Å²) in [4.78, 5) is 41.8. The molecule has 7 heteroatoms. The lowest BCUT2D eigenvalue weighted by Crippen LogP contribution is -2.46. The first-order valence-electron chi connectivity index (χ1n) is 11.1. The van der Waals surface area contributed by atoms with Gasteiger partial charge >= 0.3 is 0 Å². The van der Waals surface area contributed by atoms with Gasteiger partial charge in [-0.15, -0.1) is 0 Å². The number of ether oxygens (including phenoxy) is 1. The maximum Gasteiger partial charge on any atom is 0.255 e. The molecule has 0 fully saturated rings. The zero-order valence-corrected chi connectivity index (χ0v) is 20.2. The molecular formula is C27H31N3O4. The SMILES string of the molecule is COc1ccc(CC(C(=O)Nc2ccc(C(C)(C)C)cc2)N(C)C(=O)c2ccc(=O)[nH]c2)cc1. The molecule has 0 aliphatic carbocycles. The number of carbonyl (C=O) groups excluding carboxylic acids is 2. The lowest BCUT2D eigenvalue weighted by atomic mass is 9.87. The first-order valence-corrected chi connectivity index (χ1v) is 11.1. The molecule has 34 heavy (non-hydrogen) atoms. The number of likely N-dealkylation sites (N-methyl/N-ethyl adjacent to an activating group) is 1. The Morgan fingerprint density at radius 3 is 2.18 bits per heavy atom. The normalized spacial score (nSPS) is 12.0. The fraction of sp³-hybridized carbons (Fsp3) is 0.296. The maximum absolute atomic E-state index is 13.4. The van der Waals surface area contributed by atoms with Crippen molar-refractivity contribution in [2.24, 2.45) is 0 Å². The largest absolute Gasteiger partial charge is 0.497 e. The van der Waals surface area contributed by atoms with E-state index in [1.807, 2.05) is 48.5 Å². The van der Waals surface area contributed by atoms with Crippen LogP contribution >= 0.6 is 0 Å². The number of carbonyl (C=O) groups is 2. The molecule has 7 nitrogen and oxygen atoms in total. The van der Waals surface area contributed by atoms with Crippen LogP contribution in [0.3, 0.4) is 0 Å². The number of anilines is 1. The van der Waals surface area contributed by atoms with Gasteiger partial charge in [-0.2, -0.15) is 0 Å². The molecule has 3 aromatic rings. The van der Waals surface area contributed by atoms with E-state index in [2.05, 4.69) is 31.1 Å². The third-order valence-corrected chi connectivity index (χ3v) is 5.73. The summed E-state index contributed by atoms with van der Waals surface area (Å²) in [5, 5.41) is 2.94. The number of amides is 2. The number of H-pyrrole nitrogens is 1. The van der Waals surface area contributed by atoms with Crippen molar-refractivity contribution in [1.82, 2.24) is 9.88 Å². The fourth-order valence-electron chi connectivity index (χ4n) is 3.56. The van der Waals surface area contributed by atoms with Crippen LogP contribution in [0.25, 0.3) is 0 Å². The van der Waals surface area contributed by atoms with Crippen LogP contribution in [-0.2, 0) is 16.6 Å². The molecule has 1 atom stereocenters. The predicted molar refractivity (Wildman–Crippen MR) is 133 cm³/mol. The third kappa shape index (κ3) is 6.13. The zero-order valence-electron chi connectivity index (χ0n) is 20.2. The summed E-state index contributed by atoms with van der Waals surface area (Å²) in [6, 6.07) is 17.0. The maximum atomic E-state index is 13.4. The number of hydrogen-bond acceptors (Lipinski definition) is 4. The topological polar surface area (TPSA) is 91.5 Å². The fourth-order valence-corrected chi connectivity index (χ4v) is 3.56. The molecule has 0 bridgehead atoms. The van der Waals surface area contributed by atoms with Gasteiger partial charge in [0.1, 0.15) is 11.8 Å².